The van der Waals surface area contributed by atoms with Crippen molar-refractivity contribution in [2.75, 3.05) is 37.6 Å². The summed E-state index contributed by atoms with van der Waals surface area (Å²) in [4.78, 5) is 16.7. The van der Waals surface area contributed by atoms with Crippen molar-refractivity contribution in [2.24, 2.45) is 0 Å². The molecule has 0 aromatic heterocycles. The third-order valence-corrected chi connectivity index (χ3v) is 4.45. The van der Waals surface area contributed by atoms with Gasteiger partial charge in [-0.25, -0.2) is 0 Å². The first-order valence-electron chi connectivity index (χ1n) is 7.66. The van der Waals surface area contributed by atoms with E-state index < -0.39 is 0 Å². The normalized spacial score (nSPS) is 26.2. The zero-order valence-electron chi connectivity index (χ0n) is 12.5. The van der Waals surface area contributed by atoms with Crippen LogP contribution in [-0.2, 0) is 4.79 Å². The van der Waals surface area contributed by atoms with E-state index in [1.807, 2.05) is 4.90 Å². The predicted octanol–water partition coefficient (Wildman–Crippen LogP) is 0.366. The maximum absolute atomic E-state index is 12.4. The number of amides is 1. The van der Waals surface area contributed by atoms with Gasteiger partial charge in [0, 0.05) is 38.4 Å². The first kappa shape index (κ1) is 14.4. The highest BCUT2D eigenvalue weighted by Crippen LogP contribution is 2.21. The highest BCUT2D eigenvalue weighted by atomic mass is 16.3. The van der Waals surface area contributed by atoms with Gasteiger partial charge in [-0.1, -0.05) is 18.2 Å². The van der Waals surface area contributed by atoms with Crippen LogP contribution in [-0.4, -0.2) is 60.8 Å². The van der Waals surface area contributed by atoms with Crippen LogP contribution in [0.15, 0.2) is 24.3 Å². The van der Waals surface area contributed by atoms with Gasteiger partial charge < -0.3 is 20.2 Å². The molecule has 0 bridgehead atoms. The summed E-state index contributed by atoms with van der Waals surface area (Å²) < 4.78 is 0. The number of carbonyl (C=O) groups is 1. The van der Waals surface area contributed by atoms with Gasteiger partial charge in [-0.15, -0.1) is 0 Å². The number of anilines is 1. The minimum Gasteiger partial charge on any atom is -0.392 e. The second-order valence-electron chi connectivity index (χ2n) is 5.95. The predicted molar refractivity (Wildman–Crippen MR) is 82.4 cm³/mol. The van der Waals surface area contributed by atoms with Gasteiger partial charge >= 0.3 is 0 Å². The quantitative estimate of drug-likeness (QED) is 0.826. The highest BCUT2D eigenvalue weighted by Gasteiger charge is 2.32. The maximum atomic E-state index is 12.4. The Morgan fingerprint density at radius 2 is 1.95 bits per heavy atom. The van der Waals surface area contributed by atoms with Crippen LogP contribution >= 0.6 is 0 Å². The first-order chi connectivity index (χ1) is 10.1. The highest BCUT2D eigenvalue weighted by molar-refractivity contribution is 5.82. The van der Waals surface area contributed by atoms with Gasteiger partial charge in [0.15, 0.2) is 0 Å². The third kappa shape index (κ3) is 3.04. The number of benzene rings is 1. The Bertz CT molecular complexity index is 512. The molecule has 21 heavy (non-hydrogen) atoms. The van der Waals surface area contributed by atoms with Gasteiger partial charge in [-0.3, -0.25) is 4.79 Å². The van der Waals surface area contributed by atoms with E-state index in [0.717, 1.165) is 26.2 Å². The van der Waals surface area contributed by atoms with Crippen LogP contribution in [0.4, 0.5) is 5.69 Å². The van der Waals surface area contributed by atoms with Crippen molar-refractivity contribution in [3.63, 3.8) is 0 Å². The summed E-state index contributed by atoms with van der Waals surface area (Å²) >= 11 is 0. The molecule has 2 atom stereocenters. The number of nitrogens with one attached hydrogen (secondary N) is 1. The van der Waals surface area contributed by atoms with E-state index in [0.29, 0.717) is 13.0 Å². The summed E-state index contributed by atoms with van der Waals surface area (Å²) in [7, 11) is 0. The summed E-state index contributed by atoms with van der Waals surface area (Å²) in [6.45, 7) is 5.89. The molecule has 2 saturated heterocycles. The van der Waals surface area contributed by atoms with Crippen LogP contribution in [0, 0.1) is 6.92 Å². The Kier molecular flexibility index (Phi) is 4.12. The van der Waals surface area contributed by atoms with Crippen molar-refractivity contribution in [1.82, 2.24) is 10.2 Å². The number of hydrogen-bond donors (Lipinski definition) is 2. The number of aliphatic hydroxyl groups excluding tert-OH is 1. The van der Waals surface area contributed by atoms with Crippen molar-refractivity contribution in [3.05, 3.63) is 29.8 Å². The lowest BCUT2D eigenvalue weighted by Crippen LogP contribution is -2.53. The van der Waals surface area contributed by atoms with Gasteiger partial charge in [0.05, 0.1) is 12.1 Å². The van der Waals surface area contributed by atoms with E-state index in [4.69, 9.17) is 0 Å². The third-order valence-electron chi connectivity index (χ3n) is 4.45. The number of β-amino-alcohol motifs (C(OH)–C–C–N with tert-alkyl or cyclic N) is 1. The molecule has 3 rings (SSSR count). The van der Waals surface area contributed by atoms with Crippen molar-refractivity contribution in [3.8, 4) is 0 Å². The van der Waals surface area contributed by atoms with Crippen LogP contribution in [0.5, 0.6) is 0 Å². The van der Waals surface area contributed by atoms with Gasteiger partial charge in [0.2, 0.25) is 5.91 Å². The molecule has 114 valence electrons. The average Bonchev–Trinajstić information content (AvgIpc) is 2.94. The molecule has 2 unspecified atom stereocenters. The molecule has 2 aliphatic rings. The fraction of sp³-hybridized carbons (Fsp3) is 0.562. The molecule has 0 spiro atoms. The lowest BCUT2D eigenvalue weighted by atomic mass is 10.1. The molecule has 2 N–H and O–H groups in total. The smallest absolute Gasteiger partial charge is 0.239 e. The topological polar surface area (TPSA) is 55.8 Å². The minimum atomic E-state index is -0.382. The largest absolute Gasteiger partial charge is 0.392 e. The van der Waals surface area contributed by atoms with Crippen LogP contribution in [0.25, 0.3) is 0 Å². The van der Waals surface area contributed by atoms with Gasteiger partial charge in [0.25, 0.3) is 0 Å². The molecule has 1 aromatic rings. The van der Waals surface area contributed by atoms with Crippen LogP contribution in [0.3, 0.4) is 0 Å². The summed E-state index contributed by atoms with van der Waals surface area (Å²) in [5, 5.41) is 12.6. The lowest BCUT2D eigenvalue weighted by Gasteiger charge is -2.37. The molecule has 1 aromatic carbocycles. The Balaban J connectivity index is 1.58. The van der Waals surface area contributed by atoms with Crippen LogP contribution in [0.2, 0.25) is 0 Å². The molecule has 0 saturated carbocycles. The number of hydrogen-bond acceptors (Lipinski definition) is 4. The van der Waals surface area contributed by atoms with Crippen molar-refractivity contribution < 1.29 is 9.90 Å². The molecule has 0 radical (unpaired) electrons. The fourth-order valence-corrected chi connectivity index (χ4v) is 3.21. The number of para-hydroxylation sites is 1. The number of rotatable bonds is 2. The molecular weight excluding hydrogens is 266 g/mol. The molecular formula is C16H23N3O2. The second-order valence-corrected chi connectivity index (χ2v) is 5.95. The summed E-state index contributed by atoms with van der Waals surface area (Å²) in [5.41, 5.74) is 2.54. The van der Waals surface area contributed by atoms with Crippen molar-refractivity contribution >= 4 is 11.6 Å². The first-order valence-corrected chi connectivity index (χ1v) is 7.66. The molecule has 5 heteroatoms. The van der Waals surface area contributed by atoms with Gasteiger partial charge in [-0.2, -0.15) is 0 Å². The molecule has 2 heterocycles. The second kappa shape index (κ2) is 6.03. The number of aliphatic hydroxyl groups is 1. The Labute approximate surface area is 125 Å². The van der Waals surface area contributed by atoms with Gasteiger partial charge in [0.1, 0.15) is 0 Å². The Morgan fingerprint density at radius 3 is 2.57 bits per heavy atom. The monoisotopic (exact) mass is 289 g/mol. The fourth-order valence-electron chi connectivity index (χ4n) is 3.21. The molecule has 2 aliphatic heterocycles. The van der Waals surface area contributed by atoms with E-state index in [-0.39, 0.29) is 18.1 Å². The van der Waals surface area contributed by atoms with Crippen molar-refractivity contribution in [2.45, 2.75) is 25.5 Å². The van der Waals surface area contributed by atoms with E-state index >= 15 is 0 Å². The van der Waals surface area contributed by atoms with E-state index in [1.165, 1.54) is 11.3 Å². The zero-order chi connectivity index (χ0) is 14.8. The average molecular weight is 289 g/mol. The molecule has 5 nitrogen and oxygen atoms in total. The Hall–Kier alpha value is -1.59. The van der Waals surface area contributed by atoms with Crippen LogP contribution < -0.4 is 10.2 Å². The Morgan fingerprint density at radius 1 is 1.24 bits per heavy atom. The van der Waals surface area contributed by atoms with E-state index in [9.17, 15) is 9.90 Å². The lowest BCUT2D eigenvalue weighted by molar-refractivity contribution is -0.133. The SMILES string of the molecule is Cc1ccccc1N1CCN(C(=O)C2CC(O)CN2)CC1. The molecule has 1 amide bonds. The van der Waals surface area contributed by atoms with Crippen LogP contribution in [0.1, 0.15) is 12.0 Å². The standard InChI is InChI=1S/C16H23N3O2/c1-12-4-2-3-5-15(12)18-6-8-19(9-7-18)16(21)14-10-13(20)11-17-14/h2-5,13-14,17,20H,6-11H2,1H3. The number of aryl methyl sites for hydroxylation is 1. The summed E-state index contributed by atoms with van der Waals surface area (Å²) in [6, 6.07) is 8.17. The van der Waals surface area contributed by atoms with Gasteiger partial charge in [-0.05, 0) is 25.0 Å². The summed E-state index contributed by atoms with van der Waals surface area (Å²) in [5.74, 6) is 0.135. The molecule has 2 fully saturated rings. The number of piperazine rings is 1. The number of carbonyl (C=O) groups excluding carboxylic acids is 1. The van der Waals surface area contributed by atoms with E-state index in [1.54, 1.807) is 0 Å². The van der Waals surface area contributed by atoms with Crippen molar-refractivity contribution in [1.29, 1.82) is 0 Å². The number of nitrogens with zero attached hydrogens (tertiary/aromatic N) is 2. The molecule has 0 aliphatic carbocycles. The maximum Gasteiger partial charge on any atom is 0.239 e. The minimum absolute atomic E-state index is 0.135. The van der Waals surface area contributed by atoms with E-state index in [2.05, 4.69) is 41.4 Å². The zero-order valence-corrected chi connectivity index (χ0v) is 12.5. The summed E-state index contributed by atoms with van der Waals surface area (Å²) in [6.07, 6.45) is 0.156.